The molecule has 1 saturated carbocycles. The smallest absolute Gasteiger partial charge is 0.139 e. The van der Waals surface area contributed by atoms with E-state index in [4.69, 9.17) is 10.5 Å². The third-order valence-corrected chi connectivity index (χ3v) is 4.75. The van der Waals surface area contributed by atoms with E-state index in [9.17, 15) is 5.11 Å². The summed E-state index contributed by atoms with van der Waals surface area (Å²) in [4.78, 5) is 0. The number of rotatable bonds is 3. The van der Waals surface area contributed by atoms with Gasteiger partial charge >= 0.3 is 0 Å². The van der Waals surface area contributed by atoms with E-state index in [1.54, 1.807) is 7.11 Å². The zero-order valence-electron chi connectivity index (χ0n) is 10.9. The van der Waals surface area contributed by atoms with E-state index >= 15 is 0 Å². The molecule has 0 amide bonds. The number of hydrogen-bond acceptors (Lipinski definition) is 3. The lowest BCUT2D eigenvalue weighted by Gasteiger charge is -2.30. The van der Waals surface area contributed by atoms with Crippen LogP contribution >= 0.6 is 15.9 Å². The van der Waals surface area contributed by atoms with Crippen LogP contribution in [0, 0.1) is 6.92 Å². The molecule has 1 aromatic carbocycles. The van der Waals surface area contributed by atoms with Gasteiger partial charge in [-0.15, -0.1) is 0 Å². The van der Waals surface area contributed by atoms with Crippen LogP contribution in [0.2, 0.25) is 0 Å². The van der Waals surface area contributed by atoms with Crippen molar-refractivity contribution in [3.05, 3.63) is 21.7 Å². The first-order valence-electron chi connectivity index (χ1n) is 6.32. The van der Waals surface area contributed by atoms with Gasteiger partial charge in [-0.25, -0.2) is 0 Å². The van der Waals surface area contributed by atoms with Gasteiger partial charge in [0, 0.05) is 23.1 Å². The van der Waals surface area contributed by atoms with Crippen molar-refractivity contribution < 1.29 is 9.84 Å². The lowest BCUT2D eigenvalue weighted by Crippen LogP contribution is -2.32. The van der Waals surface area contributed by atoms with Crippen LogP contribution in [0.4, 0.5) is 0 Å². The molecule has 3 nitrogen and oxygen atoms in total. The normalized spacial score (nSPS) is 18.0. The van der Waals surface area contributed by atoms with Gasteiger partial charge in [-0.2, -0.15) is 0 Å². The quantitative estimate of drug-likeness (QED) is 0.900. The first-order chi connectivity index (χ1) is 8.55. The highest BCUT2D eigenvalue weighted by Gasteiger charge is 2.37. The van der Waals surface area contributed by atoms with E-state index in [1.807, 2.05) is 13.0 Å². The number of aromatic hydroxyl groups is 1. The molecule has 0 atom stereocenters. The molecule has 0 radical (unpaired) electrons. The molecule has 2 rings (SSSR count). The van der Waals surface area contributed by atoms with Gasteiger partial charge in [0.25, 0.3) is 0 Å². The maximum atomic E-state index is 10.4. The maximum absolute atomic E-state index is 10.4. The lowest BCUT2D eigenvalue weighted by atomic mass is 9.78. The molecule has 1 aliphatic carbocycles. The summed E-state index contributed by atoms with van der Waals surface area (Å²) in [7, 11) is 1.61. The van der Waals surface area contributed by atoms with Gasteiger partial charge in [-0.3, -0.25) is 0 Å². The average Bonchev–Trinajstić information content (AvgIpc) is 2.84. The van der Waals surface area contributed by atoms with Crippen molar-refractivity contribution in [2.24, 2.45) is 5.73 Å². The SMILES string of the molecule is COc1c(Br)cc(C2(CN)CCCC2)c(O)c1C. The molecule has 4 heteroatoms. The fraction of sp³-hybridized carbons (Fsp3) is 0.571. The molecule has 0 unspecified atom stereocenters. The second kappa shape index (κ2) is 5.10. The lowest BCUT2D eigenvalue weighted by molar-refractivity contribution is 0.382. The summed E-state index contributed by atoms with van der Waals surface area (Å²) in [5.41, 5.74) is 7.66. The van der Waals surface area contributed by atoms with Crippen LogP contribution < -0.4 is 10.5 Å². The fourth-order valence-electron chi connectivity index (χ4n) is 3.04. The Morgan fingerprint density at radius 1 is 1.44 bits per heavy atom. The average molecular weight is 314 g/mol. The number of nitrogens with two attached hydrogens (primary N) is 1. The van der Waals surface area contributed by atoms with E-state index in [2.05, 4.69) is 15.9 Å². The Morgan fingerprint density at radius 2 is 2.06 bits per heavy atom. The van der Waals surface area contributed by atoms with E-state index in [0.717, 1.165) is 28.4 Å². The highest BCUT2D eigenvalue weighted by molar-refractivity contribution is 9.10. The van der Waals surface area contributed by atoms with Gasteiger partial charge in [0.2, 0.25) is 0 Å². The van der Waals surface area contributed by atoms with Gasteiger partial charge in [0.1, 0.15) is 11.5 Å². The number of benzene rings is 1. The van der Waals surface area contributed by atoms with Crippen LogP contribution in [-0.4, -0.2) is 18.8 Å². The first kappa shape index (κ1) is 13.7. The first-order valence-corrected chi connectivity index (χ1v) is 7.11. The monoisotopic (exact) mass is 313 g/mol. The van der Waals surface area contributed by atoms with Crippen LogP contribution in [0.1, 0.15) is 36.8 Å². The van der Waals surface area contributed by atoms with Crippen LogP contribution in [-0.2, 0) is 5.41 Å². The summed E-state index contributed by atoms with van der Waals surface area (Å²) in [6, 6.07) is 1.97. The topological polar surface area (TPSA) is 55.5 Å². The van der Waals surface area contributed by atoms with Crippen LogP contribution in [0.5, 0.6) is 11.5 Å². The van der Waals surface area contributed by atoms with Gasteiger partial charge in [-0.1, -0.05) is 12.8 Å². The molecule has 0 heterocycles. The maximum Gasteiger partial charge on any atom is 0.139 e. The molecule has 100 valence electrons. The molecule has 1 fully saturated rings. The summed E-state index contributed by atoms with van der Waals surface area (Å²) in [6.45, 7) is 2.46. The predicted octanol–water partition coefficient (Wildman–Crippen LogP) is 3.24. The largest absolute Gasteiger partial charge is 0.507 e. The van der Waals surface area contributed by atoms with Crippen LogP contribution in [0.15, 0.2) is 10.5 Å². The van der Waals surface area contributed by atoms with Crippen molar-refractivity contribution in [2.75, 3.05) is 13.7 Å². The minimum Gasteiger partial charge on any atom is -0.507 e. The standard InChI is InChI=1S/C14H20BrNO2/c1-9-12(17)10(7-11(15)13(9)18-2)14(8-16)5-3-4-6-14/h7,17H,3-6,8,16H2,1-2H3. The Labute approximate surface area is 116 Å². The van der Waals surface area contributed by atoms with Crippen LogP contribution in [0.25, 0.3) is 0 Å². The van der Waals surface area contributed by atoms with Gasteiger partial charge < -0.3 is 15.6 Å². The minimum atomic E-state index is -0.0658. The minimum absolute atomic E-state index is 0.0658. The van der Waals surface area contributed by atoms with Crippen molar-refractivity contribution in [1.29, 1.82) is 0 Å². The Hall–Kier alpha value is -0.740. The number of methoxy groups -OCH3 is 1. The van der Waals surface area contributed by atoms with E-state index in [1.165, 1.54) is 12.8 Å². The second-order valence-electron chi connectivity index (χ2n) is 5.10. The molecule has 18 heavy (non-hydrogen) atoms. The number of phenols is 1. The molecule has 1 aromatic rings. The summed E-state index contributed by atoms with van der Waals surface area (Å²) < 4.78 is 6.19. The van der Waals surface area contributed by atoms with E-state index in [0.29, 0.717) is 18.0 Å². The molecule has 3 N–H and O–H groups in total. The van der Waals surface area contributed by atoms with Gasteiger partial charge in [0.05, 0.1) is 11.6 Å². The van der Waals surface area contributed by atoms with Gasteiger partial charge in [-0.05, 0) is 41.8 Å². The summed E-state index contributed by atoms with van der Waals surface area (Å²) >= 11 is 3.52. The van der Waals surface area contributed by atoms with E-state index in [-0.39, 0.29) is 5.41 Å². The zero-order chi connectivity index (χ0) is 13.3. The molecular formula is C14H20BrNO2. The Morgan fingerprint density at radius 3 is 2.56 bits per heavy atom. The van der Waals surface area contributed by atoms with Crippen molar-refractivity contribution in [2.45, 2.75) is 38.0 Å². The number of halogens is 1. The Balaban J connectivity index is 2.58. The molecule has 0 bridgehead atoms. The molecule has 0 spiro atoms. The highest BCUT2D eigenvalue weighted by Crippen LogP contribution is 2.48. The third kappa shape index (κ3) is 2.01. The number of ether oxygens (including phenoxy) is 1. The van der Waals surface area contributed by atoms with Gasteiger partial charge in [0.15, 0.2) is 0 Å². The third-order valence-electron chi connectivity index (χ3n) is 4.17. The molecular weight excluding hydrogens is 294 g/mol. The van der Waals surface area contributed by atoms with Crippen molar-refractivity contribution in [3.8, 4) is 11.5 Å². The summed E-state index contributed by atoms with van der Waals surface area (Å²) in [6.07, 6.45) is 4.46. The molecule has 0 saturated heterocycles. The second-order valence-corrected chi connectivity index (χ2v) is 5.96. The Kier molecular flexibility index (Phi) is 3.87. The summed E-state index contributed by atoms with van der Waals surface area (Å²) in [5, 5.41) is 10.4. The van der Waals surface area contributed by atoms with Crippen molar-refractivity contribution >= 4 is 15.9 Å². The number of phenolic OH excluding ortho intramolecular Hbond substituents is 1. The molecule has 0 aromatic heterocycles. The zero-order valence-corrected chi connectivity index (χ0v) is 12.5. The molecule has 0 aliphatic heterocycles. The van der Waals surface area contributed by atoms with Crippen molar-refractivity contribution in [1.82, 2.24) is 0 Å². The van der Waals surface area contributed by atoms with Crippen molar-refractivity contribution in [3.63, 3.8) is 0 Å². The highest BCUT2D eigenvalue weighted by atomic mass is 79.9. The summed E-state index contributed by atoms with van der Waals surface area (Å²) in [5.74, 6) is 1.03. The Bertz CT molecular complexity index is 454. The predicted molar refractivity (Wildman–Crippen MR) is 76.3 cm³/mol. The van der Waals surface area contributed by atoms with Crippen LogP contribution in [0.3, 0.4) is 0 Å². The number of hydrogen-bond donors (Lipinski definition) is 2. The fourth-order valence-corrected chi connectivity index (χ4v) is 3.73. The van der Waals surface area contributed by atoms with E-state index < -0.39 is 0 Å². The molecule has 1 aliphatic rings.